The van der Waals surface area contributed by atoms with Gasteiger partial charge in [0, 0.05) is 5.69 Å². The zero-order chi connectivity index (χ0) is 15.1. The number of aliphatic hydroxyl groups is 1. The maximum Gasteiger partial charge on any atom is 0.228 e. The number of aliphatic hydroxyl groups excluding tert-OH is 1. The van der Waals surface area contributed by atoms with Crippen LogP contribution in [0.4, 0.5) is 5.69 Å². The summed E-state index contributed by atoms with van der Waals surface area (Å²) in [5.41, 5.74) is 6.99. The summed E-state index contributed by atoms with van der Waals surface area (Å²) in [6.07, 6.45) is -0.270. The average molecular weight is 281 g/mol. The summed E-state index contributed by atoms with van der Waals surface area (Å²) >= 11 is 0. The van der Waals surface area contributed by atoms with Gasteiger partial charge in [-0.1, -0.05) is 29.8 Å². The Bertz CT molecular complexity index is 711. The van der Waals surface area contributed by atoms with Crippen LogP contribution in [-0.4, -0.2) is 11.0 Å². The molecular formula is C18H19NO2. The quantitative estimate of drug-likeness (QED) is 0.888. The molecule has 1 atom stereocenters. The van der Waals surface area contributed by atoms with Crippen LogP contribution in [-0.2, 0) is 11.2 Å². The second-order valence-corrected chi connectivity index (χ2v) is 5.86. The van der Waals surface area contributed by atoms with E-state index in [1.165, 1.54) is 5.56 Å². The van der Waals surface area contributed by atoms with E-state index < -0.39 is 6.10 Å². The van der Waals surface area contributed by atoms with Crippen molar-refractivity contribution in [1.82, 2.24) is 0 Å². The number of aryl methyl sites for hydroxylation is 3. The van der Waals surface area contributed by atoms with Crippen LogP contribution in [0.1, 0.15) is 39.5 Å². The summed E-state index contributed by atoms with van der Waals surface area (Å²) in [5.74, 6) is 0.0133. The van der Waals surface area contributed by atoms with Crippen LogP contribution >= 0.6 is 0 Å². The van der Waals surface area contributed by atoms with Gasteiger partial charge in [-0.15, -0.1) is 0 Å². The van der Waals surface area contributed by atoms with E-state index >= 15 is 0 Å². The topological polar surface area (TPSA) is 49.3 Å². The molecule has 0 bridgehead atoms. The lowest BCUT2D eigenvalue weighted by Crippen LogP contribution is -2.05. The van der Waals surface area contributed by atoms with Crippen LogP contribution in [0.15, 0.2) is 30.3 Å². The van der Waals surface area contributed by atoms with Crippen molar-refractivity contribution in [3.05, 3.63) is 63.7 Å². The van der Waals surface area contributed by atoms with E-state index in [-0.39, 0.29) is 5.91 Å². The highest BCUT2D eigenvalue weighted by atomic mass is 16.3. The molecular weight excluding hydrogens is 262 g/mol. The van der Waals surface area contributed by atoms with Crippen molar-refractivity contribution in [2.24, 2.45) is 0 Å². The van der Waals surface area contributed by atoms with Gasteiger partial charge in [-0.2, -0.15) is 0 Å². The van der Waals surface area contributed by atoms with E-state index in [1.807, 2.05) is 32.0 Å². The summed E-state index contributed by atoms with van der Waals surface area (Å²) < 4.78 is 0. The first kappa shape index (κ1) is 13.8. The van der Waals surface area contributed by atoms with Crippen LogP contribution in [0.25, 0.3) is 0 Å². The highest BCUT2D eigenvalue weighted by Crippen LogP contribution is 2.32. The van der Waals surface area contributed by atoms with Gasteiger partial charge in [-0.05, 0) is 54.7 Å². The molecule has 2 aromatic rings. The fraction of sp³-hybridized carbons (Fsp3) is 0.278. The normalized spacial score (nSPS) is 14.8. The van der Waals surface area contributed by atoms with Crippen molar-refractivity contribution in [1.29, 1.82) is 0 Å². The van der Waals surface area contributed by atoms with E-state index in [0.29, 0.717) is 6.42 Å². The minimum atomic E-state index is -0.661. The lowest BCUT2D eigenvalue weighted by atomic mass is 9.91. The zero-order valence-electron chi connectivity index (χ0n) is 12.5. The fourth-order valence-electron chi connectivity index (χ4n) is 3.21. The number of anilines is 1. The Morgan fingerprint density at radius 3 is 2.43 bits per heavy atom. The Kier molecular flexibility index (Phi) is 3.30. The molecule has 1 unspecified atom stereocenters. The number of carbonyl (C=O) groups is 1. The van der Waals surface area contributed by atoms with Crippen LogP contribution in [0, 0.1) is 20.8 Å². The third-order valence-corrected chi connectivity index (χ3v) is 4.08. The second-order valence-electron chi connectivity index (χ2n) is 5.86. The van der Waals surface area contributed by atoms with Crippen LogP contribution in [0.5, 0.6) is 0 Å². The second kappa shape index (κ2) is 5.01. The van der Waals surface area contributed by atoms with Crippen molar-refractivity contribution in [2.75, 3.05) is 5.32 Å². The van der Waals surface area contributed by atoms with Gasteiger partial charge in [-0.25, -0.2) is 0 Å². The Labute approximate surface area is 124 Å². The van der Waals surface area contributed by atoms with Crippen molar-refractivity contribution in [3.8, 4) is 0 Å². The van der Waals surface area contributed by atoms with E-state index in [9.17, 15) is 9.90 Å². The van der Waals surface area contributed by atoms with Crippen molar-refractivity contribution >= 4 is 11.6 Å². The van der Waals surface area contributed by atoms with Crippen molar-refractivity contribution in [3.63, 3.8) is 0 Å². The number of benzene rings is 2. The molecule has 1 aliphatic heterocycles. The molecule has 0 fully saturated rings. The minimum Gasteiger partial charge on any atom is -0.384 e. The zero-order valence-corrected chi connectivity index (χ0v) is 12.5. The Hall–Kier alpha value is -2.13. The van der Waals surface area contributed by atoms with E-state index in [0.717, 1.165) is 33.5 Å². The Morgan fingerprint density at radius 2 is 1.76 bits per heavy atom. The molecule has 0 saturated carbocycles. The van der Waals surface area contributed by atoms with Gasteiger partial charge in [0.15, 0.2) is 0 Å². The predicted octanol–water partition coefficient (Wildman–Crippen LogP) is 3.19. The smallest absolute Gasteiger partial charge is 0.228 e. The number of nitrogens with one attached hydrogen (secondary N) is 1. The average Bonchev–Trinajstić information content (AvgIpc) is 2.76. The summed E-state index contributed by atoms with van der Waals surface area (Å²) in [6, 6.07) is 9.86. The van der Waals surface area contributed by atoms with Crippen LogP contribution < -0.4 is 5.32 Å². The molecule has 3 heteroatoms. The molecule has 2 aromatic carbocycles. The van der Waals surface area contributed by atoms with E-state index in [1.54, 1.807) is 0 Å². The maximum absolute atomic E-state index is 11.4. The van der Waals surface area contributed by atoms with Crippen LogP contribution in [0.3, 0.4) is 0 Å². The SMILES string of the molecule is Cc1cc(C)c(C(O)c2ccc3c(c2)CC(=O)N3)c(C)c1. The molecule has 3 rings (SSSR count). The van der Waals surface area contributed by atoms with Crippen molar-refractivity contribution in [2.45, 2.75) is 33.3 Å². The molecule has 0 spiro atoms. The first-order chi connectivity index (χ1) is 9.95. The highest BCUT2D eigenvalue weighted by Gasteiger charge is 2.21. The summed E-state index contributed by atoms with van der Waals surface area (Å²) in [5, 5.41) is 13.5. The Morgan fingerprint density at radius 1 is 1.10 bits per heavy atom. The summed E-state index contributed by atoms with van der Waals surface area (Å²) in [4.78, 5) is 11.4. The van der Waals surface area contributed by atoms with Crippen LogP contribution in [0.2, 0.25) is 0 Å². The first-order valence-corrected chi connectivity index (χ1v) is 7.14. The maximum atomic E-state index is 11.4. The van der Waals surface area contributed by atoms with E-state index in [4.69, 9.17) is 0 Å². The largest absolute Gasteiger partial charge is 0.384 e. The molecule has 0 radical (unpaired) electrons. The number of hydrogen-bond donors (Lipinski definition) is 2. The summed E-state index contributed by atoms with van der Waals surface area (Å²) in [6.45, 7) is 6.11. The fourth-order valence-corrected chi connectivity index (χ4v) is 3.21. The summed E-state index contributed by atoms with van der Waals surface area (Å²) in [7, 11) is 0. The van der Waals surface area contributed by atoms with Gasteiger partial charge in [-0.3, -0.25) is 4.79 Å². The molecule has 3 nitrogen and oxygen atoms in total. The molecule has 0 aromatic heterocycles. The molecule has 2 N–H and O–H groups in total. The first-order valence-electron chi connectivity index (χ1n) is 7.14. The monoisotopic (exact) mass is 281 g/mol. The molecule has 21 heavy (non-hydrogen) atoms. The van der Waals surface area contributed by atoms with E-state index in [2.05, 4.69) is 24.4 Å². The Balaban J connectivity index is 2.02. The lowest BCUT2D eigenvalue weighted by Gasteiger charge is -2.18. The molecule has 0 saturated heterocycles. The molecule has 1 aliphatic rings. The number of hydrogen-bond acceptors (Lipinski definition) is 2. The lowest BCUT2D eigenvalue weighted by molar-refractivity contribution is -0.115. The standard InChI is InChI=1S/C18H19NO2/c1-10-6-11(2)17(12(3)7-10)18(21)13-4-5-15-14(8-13)9-16(20)19-15/h4-8,18,21H,9H2,1-3H3,(H,19,20). The van der Waals surface area contributed by atoms with Crippen molar-refractivity contribution < 1.29 is 9.90 Å². The molecule has 1 heterocycles. The number of amides is 1. The van der Waals surface area contributed by atoms with Gasteiger partial charge in [0.1, 0.15) is 6.10 Å². The predicted molar refractivity (Wildman–Crippen MR) is 83.5 cm³/mol. The van der Waals surface area contributed by atoms with Gasteiger partial charge in [0.25, 0.3) is 0 Å². The molecule has 0 aliphatic carbocycles. The van der Waals surface area contributed by atoms with Gasteiger partial charge in [0.05, 0.1) is 6.42 Å². The number of fused-ring (bicyclic) bond motifs is 1. The number of carbonyl (C=O) groups excluding carboxylic acids is 1. The third-order valence-electron chi connectivity index (χ3n) is 4.08. The molecule has 1 amide bonds. The highest BCUT2D eigenvalue weighted by molar-refractivity contribution is 5.99. The van der Waals surface area contributed by atoms with Gasteiger partial charge < -0.3 is 10.4 Å². The molecule has 108 valence electrons. The minimum absolute atomic E-state index is 0.0133. The number of rotatable bonds is 2. The van der Waals surface area contributed by atoms with Gasteiger partial charge in [0.2, 0.25) is 5.91 Å². The third kappa shape index (κ3) is 2.45. The van der Waals surface area contributed by atoms with Gasteiger partial charge >= 0.3 is 0 Å².